The van der Waals surface area contributed by atoms with Crippen molar-refractivity contribution in [2.75, 3.05) is 0 Å². The van der Waals surface area contributed by atoms with Crippen LogP contribution in [0.3, 0.4) is 0 Å². The first-order valence-electron chi connectivity index (χ1n) is 12.5. The first-order valence-corrected chi connectivity index (χ1v) is 12.5. The third-order valence-electron chi connectivity index (χ3n) is 5.83. The second-order valence-electron chi connectivity index (χ2n) is 9.46. The Hall–Kier alpha value is -3.59. The van der Waals surface area contributed by atoms with Gasteiger partial charge >= 0.3 is 29.1 Å². The Kier molecular flexibility index (Phi) is 15.5. The van der Waals surface area contributed by atoms with E-state index in [0.29, 0.717) is 25.7 Å². The molecule has 15 heteroatoms. The second-order valence-corrected chi connectivity index (χ2v) is 9.46. The molecular weight excluding hydrogens is 633 g/mol. The number of nitrogens with zero attached hydrogens (tertiary/aromatic N) is 2. The van der Waals surface area contributed by atoms with Crippen LogP contribution in [0.1, 0.15) is 72.9 Å². The molecule has 1 aliphatic carbocycles. The first-order chi connectivity index (χ1) is 19.2. The predicted molar refractivity (Wildman–Crippen MR) is 138 cm³/mol. The molecule has 2 aromatic carbocycles. The molecule has 2 aromatic rings. The van der Waals surface area contributed by atoms with Crippen LogP contribution in [0.2, 0.25) is 0 Å². The number of phenolic OH excluding ortho intramolecular Hbond substituents is 2. The molecule has 0 atom stereocenters. The zero-order valence-electron chi connectivity index (χ0n) is 23.5. The van der Waals surface area contributed by atoms with Gasteiger partial charge in [0, 0.05) is 35.5 Å². The standard InChI is InChI=1S/C24H24F6N2O2.2C2H4O2.Co/c1-13-7-17(23(25,26)27)9-15(21(13)33)11-31-19-3-5-20(6-4-19)32-12-16-10-18(24(28,29)30)8-14(2)22(16)34;2*1-2(3)4;/h7-12,19-20,33-34H,3-6H2,1-2H3;2*1H3,(H,3,4);/q;;;+2/p-2. The number of carboxylic acid groups (broad SMARTS) is 2. The molecule has 1 fully saturated rings. The van der Waals surface area contributed by atoms with Crippen LogP contribution in [-0.4, -0.2) is 46.7 Å². The summed E-state index contributed by atoms with van der Waals surface area (Å²) in [5.41, 5.74) is -1.55. The van der Waals surface area contributed by atoms with Crippen molar-refractivity contribution in [1.82, 2.24) is 0 Å². The minimum Gasteiger partial charge on any atom is -0.550 e. The molecule has 8 nitrogen and oxygen atoms in total. The Bertz CT molecular complexity index is 1200. The van der Waals surface area contributed by atoms with Gasteiger partial charge in [0.25, 0.3) is 0 Å². The Labute approximate surface area is 254 Å². The quantitative estimate of drug-likeness (QED) is 0.372. The van der Waals surface area contributed by atoms with Crippen LogP contribution in [0.15, 0.2) is 34.3 Å². The molecule has 0 unspecified atom stereocenters. The molecule has 0 heterocycles. The number of aliphatic carboxylic acids is 2. The number of benzene rings is 2. The third kappa shape index (κ3) is 14.0. The largest absolute Gasteiger partial charge is 2.00 e. The van der Waals surface area contributed by atoms with Crippen molar-refractivity contribution in [3.63, 3.8) is 0 Å². The van der Waals surface area contributed by atoms with Crippen LogP contribution in [0.5, 0.6) is 11.5 Å². The number of carboxylic acids is 2. The van der Waals surface area contributed by atoms with Crippen molar-refractivity contribution in [3.05, 3.63) is 57.6 Å². The molecule has 3 rings (SSSR count). The van der Waals surface area contributed by atoms with Crippen LogP contribution in [0.25, 0.3) is 0 Å². The Morgan fingerprint density at radius 1 is 0.721 bits per heavy atom. The summed E-state index contributed by atoms with van der Waals surface area (Å²) in [6.45, 7) is 4.71. The molecule has 1 saturated carbocycles. The summed E-state index contributed by atoms with van der Waals surface area (Å²) in [6.07, 6.45) is -4.29. The summed E-state index contributed by atoms with van der Waals surface area (Å²) in [5.74, 6) is -2.68. The summed E-state index contributed by atoms with van der Waals surface area (Å²) in [6, 6.07) is 3.10. The average molecular weight is 663 g/mol. The van der Waals surface area contributed by atoms with Gasteiger partial charge in [-0.3, -0.25) is 9.98 Å². The van der Waals surface area contributed by atoms with Gasteiger partial charge in [-0.2, -0.15) is 26.3 Å². The number of carbonyl (C=O) groups is 2. The van der Waals surface area contributed by atoms with E-state index in [4.69, 9.17) is 19.8 Å². The zero-order chi connectivity index (χ0) is 32.4. The molecule has 1 radical (unpaired) electrons. The fourth-order valence-corrected chi connectivity index (χ4v) is 3.87. The van der Waals surface area contributed by atoms with E-state index >= 15 is 0 Å². The first kappa shape index (κ1) is 39.4. The van der Waals surface area contributed by atoms with Gasteiger partial charge in [0.1, 0.15) is 11.5 Å². The monoisotopic (exact) mass is 663 g/mol. The number of aliphatic imine (C=N–C) groups is 2. The van der Waals surface area contributed by atoms with Crippen molar-refractivity contribution in [3.8, 4) is 11.5 Å². The number of phenols is 2. The SMILES string of the molecule is CC(=O)[O-].CC(=O)[O-].Cc1cc(C(F)(F)F)cc(C=NC2CCC(N=Cc3cc(C(F)(F)F)cc(C)c3O)CC2)c1O.[Co+2]. The Morgan fingerprint density at radius 3 is 1.21 bits per heavy atom. The molecule has 0 amide bonds. The molecular formula is C28H30CoF6N2O6. The van der Waals surface area contributed by atoms with Crippen molar-refractivity contribution >= 4 is 24.4 Å². The molecule has 0 saturated heterocycles. The van der Waals surface area contributed by atoms with Crippen LogP contribution >= 0.6 is 0 Å². The normalized spacial score (nSPS) is 16.9. The van der Waals surface area contributed by atoms with Gasteiger partial charge in [-0.1, -0.05) is 0 Å². The number of rotatable bonds is 4. The third-order valence-corrected chi connectivity index (χ3v) is 5.83. The van der Waals surface area contributed by atoms with Gasteiger partial charge in [-0.25, -0.2) is 0 Å². The zero-order valence-corrected chi connectivity index (χ0v) is 24.5. The van der Waals surface area contributed by atoms with E-state index in [2.05, 4.69) is 9.98 Å². The van der Waals surface area contributed by atoms with Crippen molar-refractivity contribution < 1.29 is 73.1 Å². The number of carbonyl (C=O) groups excluding carboxylic acids is 2. The Morgan fingerprint density at radius 2 is 0.977 bits per heavy atom. The van der Waals surface area contributed by atoms with Gasteiger partial charge < -0.3 is 30.0 Å². The molecule has 43 heavy (non-hydrogen) atoms. The maximum Gasteiger partial charge on any atom is 2.00 e. The van der Waals surface area contributed by atoms with Crippen LogP contribution in [0.4, 0.5) is 26.3 Å². The molecule has 0 spiro atoms. The topological polar surface area (TPSA) is 145 Å². The van der Waals surface area contributed by atoms with Crippen molar-refractivity contribution in [2.45, 2.75) is 77.8 Å². The Balaban J connectivity index is 0.00000174. The number of halogens is 6. The number of aromatic hydroxyl groups is 2. The number of hydrogen-bond donors (Lipinski definition) is 2. The second kappa shape index (κ2) is 16.9. The summed E-state index contributed by atoms with van der Waals surface area (Å²) in [7, 11) is 0. The molecule has 2 N–H and O–H groups in total. The minimum atomic E-state index is -4.54. The molecule has 0 bridgehead atoms. The summed E-state index contributed by atoms with van der Waals surface area (Å²) in [5, 5.41) is 37.9. The van der Waals surface area contributed by atoms with E-state index in [0.717, 1.165) is 38.1 Å². The van der Waals surface area contributed by atoms with Crippen molar-refractivity contribution in [1.29, 1.82) is 0 Å². The summed E-state index contributed by atoms with van der Waals surface area (Å²) < 4.78 is 78.2. The fraction of sp³-hybridized carbons (Fsp3) is 0.429. The van der Waals surface area contributed by atoms with E-state index in [-0.39, 0.29) is 62.6 Å². The molecule has 239 valence electrons. The van der Waals surface area contributed by atoms with Crippen LogP contribution < -0.4 is 10.2 Å². The predicted octanol–water partition coefficient (Wildman–Crippen LogP) is 4.11. The van der Waals surface area contributed by atoms with E-state index < -0.39 is 35.4 Å². The molecule has 0 aliphatic heterocycles. The number of hydrogen-bond acceptors (Lipinski definition) is 8. The van der Waals surface area contributed by atoms with E-state index in [1.807, 2.05) is 0 Å². The van der Waals surface area contributed by atoms with E-state index in [9.17, 15) is 36.6 Å². The summed E-state index contributed by atoms with van der Waals surface area (Å²) in [4.78, 5) is 26.4. The smallest absolute Gasteiger partial charge is 0.550 e. The van der Waals surface area contributed by atoms with Gasteiger partial charge in [0.2, 0.25) is 0 Å². The van der Waals surface area contributed by atoms with Gasteiger partial charge in [0.15, 0.2) is 0 Å². The molecule has 0 aromatic heterocycles. The van der Waals surface area contributed by atoms with Gasteiger partial charge in [-0.15, -0.1) is 0 Å². The number of alkyl halides is 6. The fourth-order valence-electron chi connectivity index (χ4n) is 3.87. The maximum atomic E-state index is 13.0. The van der Waals surface area contributed by atoms with Crippen molar-refractivity contribution in [2.24, 2.45) is 9.98 Å². The van der Waals surface area contributed by atoms with Gasteiger partial charge in [-0.05, 0) is 88.8 Å². The number of aryl methyl sites for hydroxylation is 2. The summed E-state index contributed by atoms with van der Waals surface area (Å²) >= 11 is 0. The van der Waals surface area contributed by atoms with E-state index in [1.54, 1.807) is 0 Å². The maximum absolute atomic E-state index is 13.0. The van der Waals surface area contributed by atoms with E-state index in [1.165, 1.54) is 26.3 Å². The van der Waals surface area contributed by atoms with Gasteiger partial charge in [0.05, 0.1) is 23.2 Å². The van der Waals surface area contributed by atoms with Crippen LogP contribution in [-0.2, 0) is 38.7 Å². The average Bonchev–Trinajstić information content (AvgIpc) is 2.84. The van der Waals surface area contributed by atoms with Crippen LogP contribution in [0, 0.1) is 13.8 Å². The minimum absolute atomic E-state index is 0. The molecule has 1 aliphatic rings.